The van der Waals surface area contributed by atoms with Crippen molar-refractivity contribution < 1.29 is 9.90 Å². The predicted octanol–water partition coefficient (Wildman–Crippen LogP) is 0.945. The van der Waals surface area contributed by atoms with Gasteiger partial charge in [0.15, 0.2) is 0 Å². The molecule has 0 bridgehead atoms. The van der Waals surface area contributed by atoms with Crippen LogP contribution in [0.1, 0.15) is 26.2 Å². The molecule has 1 aliphatic heterocycles. The van der Waals surface area contributed by atoms with Gasteiger partial charge in [-0.2, -0.15) is 0 Å². The molecule has 0 aromatic rings. The van der Waals surface area contributed by atoms with Gasteiger partial charge in [0.25, 0.3) is 0 Å². The van der Waals surface area contributed by atoms with Crippen molar-refractivity contribution in [3.8, 4) is 0 Å². The number of hydrogen-bond acceptors (Lipinski definition) is 2. The molecule has 1 rings (SSSR count). The molecule has 0 aromatic carbocycles. The molecule has 1 saturated heterocycles. The number of aliphatic carboxylic acids is 1. The highest BCUT2D eigenvalue weighted by Gasteiger charge is 2.24. The van der Waals surface area contributed by atoms with E-state index in [1.807, 2.05) is 0 Å². The van der Waals surface area contributed by atoms with Gasteiger partial charge in [0.1, 0.15) is 0 Å². The summed E-state index contributed by atoms with van der Waals surface area (Å²) in [4.78, 5) is 12.6. The molecule has 0 radical (unpaired) electrons. The van der Waals surface area contributed by atoms with Crippen molar-refractivity contribution >= 4 is 5.97 Å². The normalized spacial score (nSPS) is 25.7. The average Bonchev–Trinajstić information content (AvgIpc) is 2.34. The molecule has 0 saturated carbocycles. The molecule has 1 fully saturated rings. The van der Waals surface area contributed by atoms with Crippen LogP contribution in [-0.4, -0.2) is 35.1 Å². The first-order chi connectivity index (χ1) is 5.24. The summed E-state index contributed by atoms with van der Waals surface area (Å²) >= 11 is 0. The van der Waals surface area contributed by atoms with Crippen LogP contribution in [0.25, 0.3) is 0 Å². The van der Waals surface area contributed by atoms with E-state index in [2.05, 4.69) is 11.8 Å². The molecule has 11 heavy (non-hydrogen) atoms. The largest absolute Gasteiger partial charge is 0.481 e. The summed E-state index contributed by atoms with van der Waals surface area (Å²) in [6.45, 7) is 4.15. The standard InChI is InChI=1S/C8H15NO2/c1-2-9-5-3-4-7(9)6-8(10)11/h7H,2-6H2,1H3,(H,10,11)/t7-/m0/s1. The average molecular weight is 157 g/mol. The highest BCUT2D eigenvalue weighted by Crippen LogP contribution is 2.18. The van der Waals surface area contributed by atoms with Crippen LogP contribution in [0.3, 0.4) is 0 Å². The Hall–Kier alpha value is -0.570. The summed E-state index contributed by atoms with van der Waals surface area (Å²) in [6.07, 6.45) is 2.53. The van der Waals surface area contributed by atoms with Gasteiger partial charge >= 0.3 is 5.97 Å². The fourth-order valence-electron chi connectivity index (χ4n) is 1.74. The van der Waals surface area contributed by atoms with E-state index in [-0.39, 0.29) is 0 Å². The minimum atomic E-state index is -0.671. The zero-order valence-electron chi connectivity index (χ0n) is 6.92. The Morgan fingerprint density at radius 2 is 2.45 bits per heavy atom. The molecule has 0 aromatic heterocycles. The summed E-state index contributed by atoms with van der Waals surface area (Å²) in [5.74, 6) is -0.671. The summed E-state index contributed by atoms with van der Waals surface area (Å²) in [6, 6.07) is 0.303. The van der Waals surface area contributed by atoms with Crippen molar-refractivity contribution in [2.45, 2.75) is 32.2 Å². The number of carbonyl (C=O) groups is 1. The lowest BCUT2D eigenvalue weighted by Crippen LogP contribution is -2.30. The number of likely N-dealkylation sites (tertiary alicyclic amines) is 1. The van der Waals surface area contributed by atoms with E-state index >= 15 is 0 Å². The fraction of sp³-hybridized carbons (Fsp3) is 0.875. The van der Waals surface area contributed by atoms with Crippen molar-refractivity contribution in [2.75, 3.05) is 13.1 Å². The van der Waals surface area contributed by atoms with Gasteiger partial charge in [-0.15, -0.1) is 0 Å². The number of rotatable bonds is 3. The van der Waals surface area contributed by atoms with Crippen LogP contribution >= 0.6 is 0 Å². The minimum Gasteiger partial charge on any atom is -0.481 e. The van der Waals surface area contributed by atoms with E-state index < -0.39 is 5.97 Å². The third kappa shape index (κ3) is 2.19. The summed E-state index contributed by atoms with van der Waals surface area (Å²) < 4.78 is 0. The molecule has 1 aliphatic rings. The Labute approximate surface area is 67.0 Å². The van der Waals surface area contributed by atoms with Gasteiger partial charge in [-0.25, -0.2) is 0 Å². The van der Waals surface area contributed by atoms with E-state index in [1.165, 1.54) is 0 Å². The maximum atomic E-state index is 10.4. The second-order valence-corrected chi connectivity index (χ2v) is 3.02. The Morgan fingerprint density at radius 1 is 1.73 bits per heavy atom. The molecule has 1 N–H and O–H groups in total. The van der Waals surface area contributed by atoms with Crippen molar-refractivity contribution in [1.82, 2.24) is 4.90 Å². The Bertz CT molecular complexity index is 147. The van der Waals surface area contributed by atoms with Gasteiger partial charge in [0, 0.05) is 6.04 Å². The molecule has 0 unspecified atom stereocenters. The van der Waals surface area contributed by atoms with E-state index in [0.717, 1.165) is 25.9 Å². The lowest BCUT2D eigenvalue weighted by Gasteiger charge is -2.20. The number of carboxylic acid groups (broad SMARTS) is 1. The van der Waals surface area contributed by atoms with Gasteiger partial charge in [-0.05, 0) is 25.9 Å². The van der Waals surface area contributed by atoms with Crippen LogP contribution in [0, 0.1) is 0 Å². The molecule has 1 atom stereocenters. The quantitative estimate of drug-likeness (QED) is 0.663. The zero-order valence-corrected chi connectivity index (χ0v) is 6.92. The van der Waals surface area contributed by atoms with Crippen LogP contribution in [0.5, 0.6) is 0 Å². The zero-order chi connectivity index (χ0) is 8.27. The van der Waals surface area contributed by atoms with E-state index in [1.54, 1.807) is 0 Å². The third-order valence-electron chi connectivity index (χ3n) is 2.32. The monoisotopic (exact) mass is 157 g/mol. The van der Waals surface area contributed by atoms with E-state index in [4.69, 9.17) is 5.11 Å². The highest BCUT2D eigenvalue weighted by atomic mass is 16.4. The van der Waals surface area contributed by atoms with Crippen molar-refractivity contribution in [1.29, 1.82) is 0 Å². The number of carboxylic acids is 1. The second-order valence-electron chi connectivity index (χ2n) is 3.02. The third-order valence-corrected chi connectivity index (χ3v) is 2.32. The van der Waals surface area contributed by atoms with Crippen LogP contribution < -0.4 is 0 Å². The van der Waals surface area contributed by atoms with Gasteiger partial charge < -0.3 is 10.0 Å². The lowest BCUT2D eigenvalue weighted by molar-refractivity contribution is -0.138. The SMILES string of the molecule is CCN1CCC[C@H]1CC(=O)O. The molecule has 3 heteroatoms. The number of hydrogen-bond donors (Lipinski definition) is 1. The summed E-state index contributed by atoms with van der Waals surface area (Å²) in [5, 5.41) is 8.56. The molecular weight excluding hydrogens is 142 g/mol. The highest BCUT2D eigenvalue weighted by molar-refractivity contribution is 5.67. The first-order valence-corrected chi connectivity index (χ1v) is 4.20. The molecule has 64 valence electrons. The Morgan fingerprint density at radius 3 is 3.00 bits per heavy atom. The van der Waals surface area contributed by atoms with Crippen LogP contribution in [0.2, 0.25) is 0 Å². The summed E-state index contributed by atoms with van der Waals surface area (Å²) in [7, 11) is 0. The van der Waals surface area contributed by atoms with Gasteiger partial charge in [0.2, 0.25) is 0 Å². The predicted molar refractivity (Wildman–Crippen MR) is 42.5 cm³/mol. The van der Waals surface area contributed by atoms with Crippen molar-refractivity contribution in [3.05, 3.63) is 0 Å². The first kappa shape index (κ1) is 8.53. The Kier molecular flexibility index (Phi) is 2.88. The molecule has 0 spiro atoms. The second kappa shape index (κ2) is 3.72. The van der Waals surface area contributed by atoms with E-state index in [0.29, 0.717) is 12.5 Å². The molecular formula is C8H15NO2. The first-order valence-electron chi connectivity index (χ1n) is 4.20. The maximum absolute atomic E-state index is 10.4. The molecule has 3 nitrogen and oxygen atoms in total. The van der Waals surface area contributed by atoms with Gasteiger partial charge in [-0.1, -0.05) is 6.92 Å². The Balaban J connectivity index is 2.37. The maximum Gasteiger partial charge on any atom is 0.304 e. The molecule has 1 heterocycles. The van der Waals surface area contributed by atoms with Gasteiger partial charge in [-0.3, -0.25) is 4.79 Å². The number of nitrogens with zero attached hydrogens (tertiary/aromatic N) is 1. The fourth-order valence-corrected chi connectivity index (χ4v) is 1.74. The van der Waals surface area contributed by atoms with Crippen molar-refractivity contribution in [2.24, 2.45) is 0 Å². The topological polar surface area (TPSA) is 40.5 Å². The van der Waals surface area contributed by atoms with Crippen LogP contribution in [0.4, 0.5) is 0 Å². The smallest absolute Gasteiger partial charge is 0.304 e. The van der Waals surface area contributed by atoms with Gasteiger partial charge in [0.05, 0.1) is 6.42 Å². The lowest BCUT2D eigenvalue weighted by atomic mass is 10.1. The molecule has 0 amide bonds. The van der Waals surface area contributed by atoms with Crippen molar-refractivity contribution in [3.63, 3.8) is 0 Å². The van der Waals surface area contributed by atoms with Crippen LogP contribution in [-0.2, 0) is 4.79 Å². The van der Waals surface area contributed by atoms with E-state index in [9.17, 15) is 4.79 Å². The summed E-state index contributed by atoms with van der Waals surface area (Å²) in [5.41, 5.74) is 0. The molecule has 0 aliphatic carbocycles. The minimum absolute atomic E-state index is 0.303. The van der Waals surface area contributed by atoms with Crippen LogP contribution in [0.15, 0.2) is 0 Å².